The molecule has 2 heterocycles. The molecule has 1 aliphatic carbocycles. The maximum atomic E-state index is 13.4. The lowest BCUT2D eigenvalue weighted by molar-refractivity contribution is -0.131. The molecular weight excluding hydrogens is 408 g/mol. The summed E-state index contributed by atoms with van der Waals surface area (Å²) in [7, 11) is 0. The van der Waals surface area contributed by atoms with Crippen molar-refractivity contribution in [2.75, 3.05) is 10.6 Å². The maximum absolute atomic E-state index is 13.4. The average molecular weight is 431 g/mol. The third-order valence-electron chi connectivity index (χ3n) is 5.73. The fraction of sp³-hybridized carbons (Fsp3) is 0.200. The molecule has 31 heavy (non-hydrogen) atoms. The lowest BCUT2D eigenvalue weighted by Gasteiger charge is -2.29. The highest BCUT2D eigenvalue weighted by Crippen LogP contribution is 2.44. The van der Waals surface area contributed by atoms with Crippen molar-refractivity contribution < 1.29 is 14.3 Å². The molecule has 0 spiro atoms. The van der Waals surface area contributed by atoms with E-state index in [1.807, 2.05) is 42.5 Å². The Morgan fingerprint density at radius 1 is 1.00 bits per heavy atom. The van der Waals surface area contributed by atoms with E-state index in [-0.39, 0.29) is 23.7 Å². The van der Waals surface area contributed by atoms with E-state index in [0.717, 1.165) is 34.6 Å². The molecule has 0 bridgehead atoms. The molecule has 1 aromatic heterocycles. The number of benzene rings is 2. The van der Waals surface area contributed by atoms with Gasteiger partial charge in [-0.15, -0.1) is 11.3 Å². The average Bonchev–Trinajstić information content (AvgIpc) is 3.23. The van der Waals surface area contributed by atoms with Crippen LogP contribution < -0.4 is 15.4 Å². The molecule has 156 valence electrons. The number of carbonyl (C=O) groups excluding carboxylic acids is 2. The SMILES string of the molecule is CC(=O)Oc1ccc([C@H]2Nc3ccccc3NC3=C2C(=O)C[C@@H](c2cccs2)C3)cc1. The molecule has 5 rings (SSSR count). The third kappa shape index (κ3) is 3.86. The van der Waals surface area contributed by atoms with Crippen LogP contribution in [0.4, 0.5) is 11.4 Å². The smallest absolute Gasteiger partial charge is 0.308 e. The highest BCUT2D eigenvalue weighted by Gasteiger charge is 2.36. The van der Waals surface area contributed by atoms with Crippen LogP contribution in [0.15, 0.2) is 77.3 Å². The van der Waals surface area contributed by atoms with Gasteiger partial charge in [0.1, 0.15) is 5.75 Å². The predicted molar refractivity (Wildman–Crippen MR) is 123 cm³/mol. The Balaban J connectivity index is 1.56. The van der Waals surface area contributed by atoms with Crippen LogP contribution in [0.3, 0.4) is 0 Å². The molecule has 0 radical (unpaired) electrons. The summed E-state index contributed by atoms with van der Waals surface area (Å²) in [6, 6.07) is 19.2. The predicted octanol–water partition coefficient (Wildman–Crippen LogP) is 5.65. The van der Waals surface area contributed by atoms with Crippen LogP contribution in [-0.2, 0) is 9.59 Å². The Labute approximate surface area is 184 Å². The highest BCUT2D eigenvalue weighted by atomic mass is 32.1. The quantitative estimate of drug-likeness (QED) is 0.415. The molecule has 1 aliphatic heterocycles. The summed E-state index contributed by atoms with van der Waals surface area (Å²) in [6.45, 7) is 1.38. The second-order valence-electron chi connectivity index (χ2n) is 7.85. The number of hydrogen-bond donors (Lipinski definition) is 2. The summed E-state index contributed by atoms with van der Waals surface area (Å²) in [6.07, 6.45) is 1.29. The molecule has 3 aromatic rings. The number of allylic oxidation sites excluding steroid dienone is 1. The molecule has 2 aromatic carbocycles. The van der Waals surface area contributed by atoms with Crippen molar-refractivity contribution in [1.82, 2.24) is 0 Å². The number of Topliss-reactive ketones (excluding diaryl/α,β-unsaturated/α-hetero) is 1. The lowest BCUT2D eigenvalue weighted by Crippen LogP contribution is -2.26. The number of rotatable bonds is 3. The number of esters is 1. The largest absolute Gasteiger partial charge is 0.427 e. The number of ketones is 1. The first-order chi connectivity index (χ1) is 15.1. The molecule has 2 aliphatic rings. The molecule has 2 atom stereocenters. The number of thiophene rings is 1. The zero-order valence-electron chi connectivity index (χ0n) is 17.1. The highest BCUT2D eigenvalue weighted by molar-refractivity contribution is 7.10. The molecule has 0 unspecified atom stereocenters. The topological polar surface area (TPSA) is 67.4 Å². The number of hydrogen-bond acceptors (Lipinski definition) is 6. The number of carbonyl (C=O) groups is 2. The molecule has 6 heteroatoms. The summed E-state index contributed by atoms with van der Waals surface area (Å²) in [5, 5.41) is 9.19. The summed E-state index contributed by atoms with van der Waals surface area (Å²) < 4.78 is 5.17. The van der Waals surface area contributed by atoms with Crippen LogP contribution in [0.25, 0.3) is 0 Å². The summed E-state index contributed by atoms with van der Waals surface area (Å²) in [5.41, 5.74) is 4.62. The van der Waals surface area contributed by atoms with Crippen LogP contribution in [-0.4, -0.2) is 11.8 Å². The second kappa shape index (κ2) is 8.04. The van der Waals surface area contributed by atoms with Gasteiger partial charge in [-0.3, -0.25) is 9.59 Å². The van der Waals surface area contributed by atoms with Crippen LogP contribution >= 0.6 is 11.3 Å². The second-order valence-corrected chi connectivity index (χ2v) is 8.83. The first-order valence-corrected chi connectivity index (χ1v) is 11.2. The van der Waals surface area contributed by atoms with Crippen molar-refractivity contribution in [3.8, 4) is 5.75 Å². The van der Waals surface area contributed by atoms with Gasteiger partial charge in [0, 0.05) is 35.4 Å². The van der Waals surface area contributed by atoms with Crippen LogP contribution in [0.2, 0.25) is 0 Å². The molecule has 5 nitrogen and oxygen atoms in total. The van der Waals surface area contributed by atoms with Gasteiger partial charge in [-0.2, -0.15) is 0 Å². The Bertz CT molecular complexity index is 1170. The van der Waals surface area contributed by atoms with Gasteiger partial charge in [0.2, 0.25) is 0 Å². The van der Waals surface area contributed by atoms with Crippen molar-refractivity contribution in [2.45, 2.75) is 31.7 Å². The number of anilines is 2. The summed E-state index contributed by atoms with van der Waals surface area (Å²) >= 11 is 1.71. The van der Waals surface area contributed by atoms with Gasteiger partial charge in [-0.25, -0.2) is 0 Å². The monoisotopic (exact) mass is 430 g/mol. The lowest BCUT2D eigenvalue weighted by atomic mass is 9.81. The normalized spacial score (nSPS) is 20.1. The molecule has 0 saturated heterocycles. The van der Waals surface area contributed by atoms with Gasteiger partial charge < -0.3 is 15.4 Å². The minimum atomic E-state index is -0.356. The molecule has 0 saturated carbocycles. The van der Waals surface area contributed by atoms with E-state index in [0.29, 0.717) is 12.2 Å². The van der Waals surface area contributed by atoms with Crippen molar-refractivity contribution in [2.24, 2.45) is 0 Å². The van der Waals surface area contributed by atoms with Crippen molar-refractivity contribution in [1.29, 1.82) is 0 Å². The van der Waals surface area contributed by atoms with Crippen LogP contribution in [0.1, 0.15) is 42.2 Å². The standard InChI is InChI=1S/C25H22N2O3S/c1-15(28)30-18-10-8-16(9-11-18)25-24-21(26-19-5-2-3-6-20(19)27-25)13-17(14-22(24)29)23-7-4-12-31-23/h2-12,17,25-27H,13-14H2,1H3/t17-,25+/m0/s1. The zero-order chi connectivity index (χ0) is 21.4. The number of fused-ring (bicyclic) bond motifs is 1. The minimum Gasteiger partial charge on any atom is -0.427 e. The van der Waals surface area contributed by atoms with Crippen LogP contribution in [0, 0.1) is 0 Å². The van der Waals surface area contributed by atoms with Gasteiger partial charge in [0.15, 0.2) is 5.78 Å². The maximum Gasteiger partial charge on any atom is 0.308 e. The van der Waals surface area contributed by atoms with E-state index >= 15 is 0 Å². The summed E-state index contributed by atoms with van der Waals surface area (Å²) in [5.74, 6) is 0.480. The third-order valence-corrected chi connectivity index (χ3v) is 6.76. The van der Waals surface area contributed by atoms with E-state index < -0.39 is 0 Å². The Hall–Kier alpha value is -3.38. The van der Waals surface area contributed by atoms with Gasteiger partial charge in [0.25, 0.3) is 0 Å². The van der Waals surface area contributed by atoms with Crippen molar-refractivity contribution in [3.05, 3.63) is 87.8 Å². The first-order valence-electron chi connectivity index (χ1n) is 10.3. The molecule has 2 N–H and O–H groups in total. The van der Waals surface area contributed by atoms with Crippen LogP contribution in [0.5, 0.6) is 5.75 Å². The molecule has 0 amide bonds. The number of para-hydroxylation sites is 2. The Kier molecular flexibility index (Phi) is 5.08. The molecular formula is C25H22N2O3S. The van der Waals surface area contributed by atoms with Crippen molar-refractivity contribution >= 4 is 34.5 Å². The Morgan fingerprint density at radius 2 is 1.77 bits per heavy atom. The fourth-order valence-electron chi connectivity index (χ4n) is 4.36. The van der Waals surface area contributed by atoms with Gasteiger partial charge in [0.05, 0.1) is 17.4 Å². The van der Waals surface area contributed by atoms with Gasteiger partial charge in [-0.05, 0) is 47.7 Å². The van der Waals surface area contributed by atoms with Gasteiger partial charge in [-0.1, -0.05) is 30.3 Å². The van der Waals surface area contributed by atoms with E-state index in [2.05, 4.69) is 22.1 Å². The Morgan fingerprint density at radius 3 is 2.48 bits per heavy atom. The number of ether oxygens (including phenoxy) is 1. The number of nitrogens with one attached hydrogen (secondary N) is 2. The van der Waals surface area contributed by atoms with E-state index in [9.17, 15) is 9.59 Å². The zero-order valence-corrected chi connectivity index (χ0v) is 17.9. The van der Waals surface area contributed by atoms with Crippen molar-refractivity contribution in [3.63, 3.8) is 0 Å². The fourth-order valence-corrected chi connectivity index (χ4v) is 5.19. The summed E-state index contributed by atoms with van der Waals surface area (Å²) in [4.78, 5) is 25.9. The minimum absolute atomic E-state index is 0.154. The van der Waals surface area contributed by atoms with E-state index in [1.165, 1.54) is 11.8 Å². The van der Waals surface area contributed by atoms with E-state index in [1.54, 1.807) is 23.5 Å². The first kappa shape index (κ1) is 19.6. The van der Waals surface area contributed by atoms with E-state index in [4.69, 9.17) is 4.74 Å². The van der Waals surface area contributed by atoms with Gasteiger partial charge >= 0.3 is 5.97 Å². The molecule has 0 fully saturated rings.